The van der Waals surface area contributed by atoms with Crippen LogP contribution < -0.4 is 11.1 Å². The molecule has 4 rings (SSSR count). The molecule has 1 aliphatic rings. The highest BCUT2D eigenvalue weighted by molar-refractivity contribution is 6.31. The molecular formula is C20H19ClN6O. The van der Waals surface area contributed by atoms with E-state index in [-0.39, 0.29) is 12.0 Å². The molecule has 3 N–H and O–H groups in total. The topological polar surface area (TPSA) is 110 Å². The number of carbonyl (C=O) groups is 1. The van der Waals surface area contributed by atoms with Crippen LogP contribution in [0.15, 0.2) is 36.7 Å². The van der Waals surface area contributed by atoms with Crippen LogP contribution in [-0.4, -0.2) is 20.7 Å². The summed E-state index contributed by atoms with van der Waals surface area (Å²) in [7, 11) is 0. The Labute approximate surface area is 167 Å². The number of anilines is 2. The second-order valence-corrected chi connectivity index (χ2v) is 7.45. The third-order valence-electron chi connectivity index (χ3n) is 5.14. The molecule has 142 valence electrons. The minimum Gasteiger partial charge on any atom is -0.365 e. The Bertz CT molecular complexity index is 1090. The largest absolute Gasteiger partial charge is 0.365 e. The molecule has 0 radical (unpaired) electrons. The number of amides is 1. The number of nitriles is 1. The maximum absolute atomic E-state index is 11.9. The summed E-state index contributed by atoms with van der Waals surface area (Å²) in [6, 6.07) is 9.68. The number of aromatic nitrogens is 3. The summed E-state index contributed by atoms with van der Waals surface area (Å²) >= 11 is 6.00. The molecule has 0 aliphatic heterocycles. The van der Waals surface area contributed by atoms with Gasteiger partial charge in [-0.25, -0.2) is 0 Å². The van der Waals surface area contributed by atoms with Crippen LogP contribution in [0.25, 0.3) is 10.9 Å². The monoisotopic (exact) mass is 394 g/mol. The van der Waals surface area contributed by atoms with Crippen molar-refractivity contribution in [3.8, 4) is 6.07 Å². The lowest BCUT2D eigenvalue weighted by Gasteiger charge is -2.26. The molecule has 2 heterocycles. The van der Waals surface area contributed by atoms with E-state index in [1.165, 1.54) is 0 Å². The van der Waals surface area contributed by atoms with Crippen molar-refractivity contribution in [3.05, 3.63) is 47.2 Å². The summed E-state index contributed by atoms with van der Waals surface area (Å²) in [5.74, 6) is -0.321. The summed E-state index contributed by atoms with van der Waals surface area (Å²) < 4.78 is 1.71. The molecule has 2 atom stereocenters. The van der Waals surface area contributed by atoms with E-state index in [1.807, 2.05) is 12.1 Å². The lowest BCUT2D eigenvalue weighted by atomic mass is 9.85. The van der Waals surface area contributed by atoms with Gasteiger partial charge in [-0.1, -0.05) is 30.5 Å². The average molecular weight is 395 g/mol. The van der Waals surface area contributed by atoms with Gasteiger partial charge in [-0.2, -0.15) is 10.4 Å². The zero-order valence-corrected chi connectivity index (χ0v) is 15.9. The fourth-order valence-corrected chi connectivity index (χ4v) is 3.88. The van der Waals surface area contributed by atoms with Gasteiger partial charge < -0.3 is 11.1 Å². The van der Waals surface area contributed by atoms with Crippen molar-refractivity contribution in [2.75, 3.05) is 5.32 Å². The summed E-state index contributed by atoms with van der Waals surface area (Å²) in [5.41, 5.74) is 7.31. The zero-order chi connectivity index (χ0) is 19.7. The van der Waals surface area contributed by atoms with Crippen LogP contribution in [0.3, 0.4) is 0 Å². The zero-order valence-electron chi connectivity index (χ0n) is 15.1. The molecule has 1 amide bonds. The number of hydrogen-bond acceptors (Lipinski definition) is 5. The van der Waals surface area contributed by atoms with Crippen LogP contribution in [0, 0.1) is 17.2 Å². The van der Waals surface area contributed by atoms with E-state index in [0.29, 0.717) is 22.1 Å². The van der Waals surface area contributed by atoms with E-state index >= 15 is 0 Å². The van der Waals surface area contributed by atoms with Crippen molar-refractivity contribution in [2.45, 2.75) is 31.7 Å². The molecule has 2 unspecified atom stereocenters. The van der Waals surface area contributed by atoms with Gasteiger partial charge in [0.05, 0.1) is 35.4 Å². The Morgan fingerprint density at radius 3 is 2.93 bits per heavy atom. The Kier molecular flexibility index (Phi) is 4.88. The Hall–Kier alpha value is -3.11. The number of fused-ring (bicyclic) bond motifs is 1. The number of hydrogen-bond donors (Lipinski definition) is 2. The first-order chi connectivity index (χ1) is 13.5. The van der Waals surface area contributed by atoms with Crippen LogP contribution in [0.2, 0.25) is 5.02 Å². The lowest BCUT2D eigenvalue weighted by molar-refractivity contribution is 0.100. The van der Waals surface area contributed by atoms with Gasteiger partial charge in [0, 0.05) is 16.6 Å². The highest BCUT2D eigenvalue weighted by atomic mass is 35.5. The van der Waals surface area contributed by atoms with Gasteiger partial charge in [-0.15, -0.1) is 0 Å². The van der Waals surface area contributed by atoms with E-state index in [1.54, 1.807) is 29.2 Å². The van der Waals surface area contributed by atoms with Gasteiger partial charge in [0.1, 0.15) is 5.56 Å². The molecular weight excluding hydrogens is 376 g/mol. The van der Waals surface area contributed by atoms with Crippen molar-refractivity contribution in [1.29, 1.82) is 5.26 Å². The molecule has 8 heteroatoms. The van der Waals surface area contributed by atoms with E-state index in [2.05, 4.69) is 21.5 Å². The van der Waals surface area contributed by atoms with Gasteiger partial charge >= 0.3 is 0 Å². The molecule has 28 heavy (non-hydrogen) atoms. The van der Waals surface area contributed by atoms with E-state index < -0.39 is 5.91 Å². The molecule has 0 bridgehead atoms. The first-order valence-electron chi connectivity index (χ1n) is 9.16. The number of carbonyl (C=O) groups excluding carboxylic acids is 1. The third kappa shape index (κ3) is 3.51. The summed E-state index contributed by atoms with van der Waals surface area (Å²) in [6.45, 7) is 0. The molecule has 0 saturated heterocycles. The first-order valence-corrected chi connectivity index (χ1v) is 9.54. The summed E-state index contributed by atoms with van der Waals surface area (Å²) in [4.78, 5) is 16.3. The van der Waals surface area contributed by atoms with E-state index in [4.69, 9.17) is 17.3 Å². The number of primary amides is 1. The van der Waals surface area contributed by atoms with Gasteiger partial charge in [0.2, 0.25) is 0 Å². The quantitative estimate of drug-likeness (QED) is 0.689. The van der Waals surface area contributed by atoms with Gasteiger partial charge in [0.25, 0.3) is 5.91 Å². The van der Waals surface area contributed by atoms with Crippen LogP contribution >= 0.6 is 11.6 Å². The Morgan fingerprint density at radius 2 is 2.14 bits per heavy atom. The highest BCUT2D eigenvalue weighted by Crippen LogP contribution is 2.34. The molecule has 3 aromatic rings. The third-order valence-corrected chi connectivity index (χ3v) is 5.38. The Balaban J connectivity index is 1.67. The summed E-state index contributed by atoms with van der Waals surface area (Å²) in [6.07, 6.45) is 7.06. The van der Waals surface area contributed by atoms with Crippen molar-refractivity contribution < 1.29 is 4.79 Å². The second-order valence-electron chi connectivity index (χ2n) is 7.01. The molecule has 1 saturated carbocycles. The number of halogens is 1. The number of nitrogens with two attached hydrogens (primary N) is 1. The minimum atomic E-state index is -0.571. The summed E-state index contributed by atoms with van der Waals surface area (Å²) in [5, 5.41) is 18.7. The maximum Gasteiger partial charge on any atom is 0.254 e. The standard InChI is InChI=1S/C20H19ClN6O/c21-14-6-5-12-7-15(10-24-17(12)8-14)25-20-16(19(23)28)11-27(26-20)18-4-2-1-3-13(18)9-22/h5-8,10-11,13,18H,1-4H2,(H2,23,28)(H,25,26). The van der Waals surface area contributed by atoms with E-state index in [0.717, 1.165) is 36.6 Å². The molecule has 1 aromatic carbocycles. The van der Waals surface area contributed by atoms with Crippen molar-refractivity contribution in [3.63, 3.8) is 0 Å². The van der Waals surface area contributed by atoms with Gasteiger partial charge in [-0.05, 0) is 31.0 Å². The highest BCUT2D eigenvalue weighted by Gasteiger charge is 2.28. The average Bonchev–Trinajstić information content (AvgIpc) is 3.12. The number of benzene rings is 1. The number of nitrogens with one attached hydrogen (secondary N) is 1. The van der Waals surface area contributed by atoms with Crippen molar-refractivity contribution >= 4 is 39.9 Å². The first kappa shape index (κ1) is 18.3. The predicted molar refractivity (Wildman–Crippen MR) is 107 cm³/mol. The van der Waals surface area contributed by atoms with Gasteiger partial charge in [-0.3, -0.25) is 14.5 Å². The lowest BCUT2D eigenvalue weighted by Crippen LogP contribution is -2.22. The smallest absolute Gasteiger partial charge is 0.254 e. The number of pyridine rings is 1. The van der Waals surface area contributed by atoms with Crippen molar-refractivity contribution in [2.24, 2.45) is 11.7 Å². The number of nitrogens with zero attached hydrogens (tertiary/aromatic N) is 4. The normalized spacial score (nSPS) is 19.3. The van der Waals surface area contributed by atoms with Gasteiger partial charge in [0.15, 0.2) is 5.82 Å². The maximum atomic E-state index is 11.9. The molecule has 7 nitrogen and oxygen atoms in total. The predicted octanol–water partition coefficient (Wildman–Crippen LogP) is 4.18. The Morgan fingerprint density at radius 1 is 1.32 bits per heavy atom. The van der Waals surface area contributed by atoms with Crippen molar-refractivity contribution in [1.82, 2.24) is 14.8 Å². The SMILES string of the molecule is N#CC1CCCCC1n1cc(C(N)=O)c(Nc2cnc3cc(Cl)ccc3c2)n1. The molecule has 1 fully saturated rings. The van der Waals surface area contributed by atoms with Crippen LogP contribution in [0.5, 0.6) is 0 Å². The number of rotatable bonds is 4. The fourth-order valence-electron chi connectivity index (χ4n) is 3.71. The molecule has 0 spiro atoms. The van der Waals surface area contributed by atoms with Crippen LogP contribution in [0.1, 0.15) is 42.1 Å². The minimum absolute atomic E-state index is 0.0516. The van der Waals surface area contributed by atoms with E-state index in [9.17, 15) is 10.1 Å². The second kappa shape index (κ2) is 7.49. The van der Waals surface area contributed by atoms with Crippen LogP contribution in [-0.2, 0) is 0 Å². The molecule has 2 aromatic heterocycles. The fraction of sp³-hybridized carbons (Fsp3) is 0.300. The van der Waals surface area contributed by atoms with Crippen LogP contribution in [0.4, 0.5) is 11.5 Å². The molecule has 1 aliphatic carbocycles.